The van der Waals surface area contributed by atoms with Gasteiger partial charge in [0.2, 0.25) is 0 Å². The van der Waals surface area contributed by atoms with Crippen LogP contribution in [0.5, 0.6) is 0 Å². The van der Waals surface area contributed by atoms with E-state index in [4.69, 9.17) is 4.84 Å². The van der Waals surface area contributed by atoms with Crippen molar-refractivity contribution in [1.82, 2.24) is 0 Å². The Morgan fingerprint density at radius 2 is 1.66 bits per heavy atom. The van der Waals surface area contributed by atoms with E-state index in [9.17, 15) is 14.7 Å². The molecular formula is C33H51NO4. The Labute approximate surface area is 230 Å². The van der Waals surface area contributed by atoms with E-state index in [2.05, 4.69) is 53.3 Å². The predicted molar refractivity (Wildman–Crippen MR) is 150 cm³/mol. The molecule has 1 N–H and O–H groups in total. The lowest BCUT2D eigenvalue weighted by atomic mass is 9.32. The normalized spacial score (nSPS) is 48.3. The van der Waals surface area contributed by atoms with Crippen molar-refractivity contribution in [3.05, 3.63) is 12.2 Å². The van der Waals surface area contributed by atoms with Crippen LogP contribution in [0.15, 0.2) is 17.3 Å². The minimum absolute atomic E-state index is 0.109. The highest BCUT2D eigenvalue weighted by molar-refractivity contribution is 5.91. The van der Waals surface area contributed by atoms with Gasteiger partial charge in [-0.25, -0.2) is 4.79 Å². The number of rotatable bonds is 4. The summed E-state index contributed by atoms with van der Waals surface area (Å²) < 4.78 is 0. The van der Waals surface area contributed by atoms with Crippen molar-refractivity contribution in [1.29, 1.82) is 0 Å². The zero-order chi connectivity index (χ0) is 27.9. The molecule has 212 valence electrons. The highest BCUT2D eigenvalue weighted by Crippen LogP contribution is 2.77. The Morgan fingerprint density at radius 3 is 2.29 bits per heavy atom. The smallest absolute Gasteiger partial charge is 0.334 e. The molecular weight excluding hydrogens is 474 g/mol. The Kier molecular flexibility index (Phi) is 6.56. The molecule has 5 heteroatoms. The molecule has 5 aliphatic rings. The SMILES string of the molecule is C=C(C)[C@@H]1CC[C@]2(C(=O)O)CC[C@]3(C)[C@H](CC[C@@H]4[C@@]5(C)CC/C(=N\OC(=O)CC)C(C)(C)[C@@H]5CC[C@]43C)[C@@H]12. The van der Waals surface area contributed by atoms with E-state index in [-0.39, 0.29) is 33.5 Å². The van der Waals surface area contributed by atoms with Crippen molar-refractivity contribution in [2.24, 2.45) is 61.8 Å². The summed E-state index contributed by atoms with van der Waals surface area (Å²) in [5, 5.41) is 15.0. The highest BCUT2D eigenvalue weighted by Gasteiger charge is 2.71. The molecule has 5 rings (SSSR count). The molecule has 5 saturated carbocycles. The fourth-order valence-corrected chi connectivity index (χ4v) is 11.7. The van der Waals surface area contributed by atoms with Crippen LogP contribution < -0.4 is 0 Å². The van der Waals surface area contributed by atoms with Gasteiger partial charge in [-0.2, -0.15) is 0 Å². The van der Waals surface area contributed by atoms with Crippen LogP contribution in [0.2, 0.25) is 0 Å². The zero-order valence-corrected chi connectivity index (χ0v) is 25.0. The molecule has 0 spiro atoms. The van der Waals surface area contributed by atoms with E-state index in [1.807, 2.05) is 0 Å². The summed E-state index contributed by atoms with van der Waals surface area (Å²) in [5.41, 5.74) is 2.09. The third-order valence-corrected chi connectivity index (χ3v) is 13.8. The molecule has 0 aliphatic heterocycles. The summed E-state index contributed by atoms with van der Waals surface area (Å²) in [7, 11) is 0. The number of hydrogen-bond donors (Lipinski definition) is 1. The van der Waals surface area contributed by atoms with Gasteiger partial charge in [0, 0.05) is 11.8 Å². The van der Waals surface area contributed by atoms with Gasteiger partial charge in [-0.05, 0) is 117 Å². The molecule has 5 aliphatic carbocycles. The molecule has 0 bridgehead atoms. The number of carbonyl (C=O) groups is 2. The van der Waals surface area contributed by atoms with Gasteiger partial charge >= 0.3 is 11.9 Å². The monoisotopic (exact) mass is 525 g/mol. The van der Waals surface area contributed by atoms with Gasteiger partial charge in [-0.15, -0.1) is 0 Å². The summed E-state index contributed by atoms with van der Waals surface area (Å²) >= 11 is 0. The first-order valence-electron chi connectivity index (χ1n) is 15.3. The van der Waals surface area contributed by atoms with Crippen LogP contribution in [0.1, 0.15) is 119 Å². The molecule has 0 amide bonds. The van der Waals surface area contributed by atoms with Crippen molar-refractivity contribution in [2.45, 2.75) is 119 Å². The highest BCUT2D eigenvalue weighted by atomic mass is 16.7. The fraction of sp³-hybridized carbons (Fsp3) is 0.848. The van der Waals surface area contributed by atoms with E-state index >= 15 is 0 Å². The molecule has 0 radical (unpaired) electrons. The Bertz CT molecular complexity index is 1060. The number of carbonyl (C=O) groups excluding carboxylic acids is 1. The van der Waals surface area contributed by atoms with Crippen molar-refractivity contribution in [3.8, 4) is 0 Å². The van der Waals surface area contributed by atoms with E-state index < -0.39 is 11.4 Å². The maximum Gasteiger partial charge on any atom is 0.334 e. The first-order chi connectivity index (χ1) is 17.7. The maximum atomic E-state index is 12.9. The Balaban J connectivity index is 1.50. The number of carboxylic acid groups (broad SMARTS) is 1. The van der Waals surface area contributed by atoms with Crippen molar-refractivity contribution in [2.75, 3.05) is 0 Å². The summed E-state index contributed by atoms with van der Waals surface area (Å²) in [6, 6.07) is 0. The van der Waals surface area contributed by atoms with Gasteiger partial charge in [-0.1, -0.05) is 58.9 Å². The third kappa shape index (κ3) is 3.51. The maximum absolute atomic E-state index is 12.9. The standard InChI is InChI=1S/C33H51NO4/c1-9-26(35)38-34-25-14-15-30(6)23(29(25,4)5)13-16-32(8)24(30)11-10-22-27-21(20(2)3)12-17-33(27,28(36)37)19-18-31(22,32)7/h21-24,27H,2,9-19H2,1,3-8H3,(H,36,37)/b34-25+/t21-,22+,23-,24+,27+,30-,31+,32+,33-/m0/s1. The summed E-state index contributed by atoms with van der Waals surface area (Å²) in [4.78, 5) is 30.0. The number of hydrogen-bond acceptors (Lipinski definition) is 4. The number of carboxylic acids is 1. The predicted octanol–water partition coefficient (Wildman–Crippen LogP) is 8.04. The Morgan fingerprint density at radius 1 is 0.947 bits per heavy atom. The second-order valence-corrected chi connectivity index (χ2v) is 15.2. The lowest BCUT2D eigenvalue weighted by Crippen LogP contribution is -2.66. The van der Waals surface area contributed by atoms with Crippen LogP contribution in [0.3, 0.4) is 0 Å². The first-order valence-corrected chi connectivity index (χ1v) is 15.3. The van der Waals surface area contributed by atoms with Gasteiger partial charge in [0.25, 0.3) is 0 Å². The molecule has 0 heterocycles. The number of allylic oxidation sites excluding steroid dienone is 1. The molecule has 5 fully saturated rings. The number of aliphatic carboxylic acids is 1. The average molecular weight is 526 g/mol. The van der Waals surface area contributed by atoms with Gasteiger partial charge < -0.3 is 9.94 Å². The largest absolute Gasteiger partial charge is 0.481 e. The van der Waals surface area contributed by atoms with E-state index in [1.165, 1.54) is 18.4 Å². The minimum atomic E-state index is -0.563. The second kappa shape index (κ2) is 8.93. The van der Waals surface area contributed by atoms with Gasteiger partial charge in [0.15, 0.2) is 0 Å². The van der Waals surface area contributed by atoms with Crippen LogP contribution in [0, 0.1) is 56.7 Å². The summed E-state index contributed by atoms with van der Waals surface area (Å²) in [5.74, 6) is 1.28. The van der Waals surface area contributed by atoms with Crippen LogP contribution in [-0.4, -0.2) is 22.8 Å². The number of fused-ring (bicyclic) bond motifs is 7. The lowest BCUT2D eigenvalue weighted by Gasteiger charge is -2.72. The number of oxime groups is 1. The first kappa shape index (κ1) is 27.9. The third-order valence-electron chi connectivity index (χ3n) is 13.8. The van der Waals surface area contributed by atoms with Crippen LogP contribution in [-0.2, 0) is 14.4 Å². The molecule has 0 aromatic rings. The van der Waals surface area contributed by atoms with Crippen LogP contribution in [0.25, 0.3) is 0 Å². The van der Waals surface area contributed by atoms with Gasteiger partial charge in [0.05, 0.1) is 11.1 Å². The molecule has 38 heavy (non-hydrogen) atoms. The molecule has 5 nitrogen and oxygen atoms in total. The minimum Gasteiger partial charge on any atom is -0.481 e. The summed E-state index contributed by atoms with van der Waals surface area (Å²) in [6.45, 7) is 20.6. The van der Waals surface area contributed by atoms with Crippen molar-refractivity contribution in [3.63, 3.8) is 0 Å². The fourth-order valence-electron chi connectivity index (χ4n) is 11.7. The molecule has 0 aromatic carbocycles. The lowest BCUT2D eigenvalue weighted by molar-refractivity contribution is -0.230. The molecule has 0 saturated heterocycles. The van der Waals surface area contributed by atoms with E-state index in [0.717, 1.165) is 57.1 Å². The van der Waals surface area contributed by atoms with Gasteiger partial charge in [0.1, 0.15) is 0 Å². The second-order valence-electron chi connectivity index (χ2n) is 15.2. The quantitative estimate of drug-likeness (QED) is 0.229. The van der Waals surface area contributed by atoms with Crippen molar-refractivity contribution >= 4 is 17.7 Å². The average Bonchev–Trinajstić information content (AvgIpc) is 3.25. The van der Waals surface area contributed by atoms with Crippen LogP contribution in [0.4, 0.5) is 0 Å². The molecule has 0 unspecified atom stereocenters. The van der Waals surface area contributed by atoms with E-state index in [0.29, 0.717) is 30.1 Å². The van der Waals surface area contributed by atoms with Gasteiger partial charge in [-0.3, -0.25) is 4.79 Å². The zero-order valence-electron chi connectivity index (χ0n) is 25.0. The molecule has 0 aromatic heterocycles. The number of nitrogens with zero attached hydrogens (tertiary/aromatic N) is 1. The molecule has 9 atom stereocenters. The van der Waals surface area contributed by atoms with E-state index in [1.54, 1.807) is 6.92 Å². The van der Waals surface area contributed by atoms with Crippen molar-refractivity contribution < 1.29 is 19.5 Å². The summed E-state index contributed by atoms with van der Waals surface area (Å²) in [6.07, 6.45) is 10.6. The Hall–Kier alpha value is -1.65. The van der Waals surface area contributed by atoms with Crippen LogP contribution >= 0.6 is 0 Å². The topological polar surface area (TPSA) is 76.0 Å².